The van der Waals surface area contributed by atoms with Gasteiger partial charge in [0, 0.05) is 52.0 Å². The molecule has 0 bridgehead atoms. The quantitative estimate of drug-likeness (QED) is 0.822. The molecule has 0 saturated carbocycles. The minimum atomic E-state index is 0.427. The minimum absolute atomic E-state index is 0.427. The van der Waals surface area contributed by atoms with Gasteiger partial charge in [0.15, 0.2) is 0 Å². The third-order valence-electron chi connectivity index (χ3n) is 3.26. The molecular formula is C13H20N6. The molecule has 0 radical (unpaired) electrons. The predicted octanol–water partition coefficient (Wildman–Crippen LogP) is -0.00190. The lowest BCUT2D eigenvalue weighted by molar-refractivity contribution is 0.246. The van der Waals surface area contributed by atoms with Crippen LogP contribution in [0.3, 0.4) is 0 Å². The molecule has 6 heteroatoms. The van der Waals surface area contributed by atoms with Crippen molar-refractivity contribution < 1.29 is 0 Å². The van der Waals surface area contributed by atoms with Gasteiger partial charge in [-0.05, 0) is 13.0 Å². The highest BCUT2D eigenvalue weighted by Gasteiger charge is 2.12. The topological polar surface area (TPSA) is 68.1 Å². The maximum Gasteiger partial charge on any atom is 0.226 e. The van der Waals surface area contributed by atoms with Gasteiger partial charge in [0.1, 0.15) is 11.8 Å². The second-order valence-corrected chi connectivity index (χ2v) is 4.82. The van der Waals surface area contributed by atoms with E-state index in [1.54, 1.807) is 6.07 Å². The fourth-order valence-electron chi connectivity index (χ4n) is 2.11. The smallest absolute Gasteiger partial charge is 0.226 e. The molecule has 1 saturated heterocycles. The number of likely N-dealkylation sites (N-methyl/N-ethyl adjacent to an activating group) is 1. The second kappa shape index (κ2) is 6.45. The molecule has 2 rings (SSSR count). The van der Waals surface area contributed by atoms with E-state index in [0.717, 1.165) is 45.0 Å². The number of hydrogen-bond donors (Lipinski definition) is 1. The lowest BCUT2D eigenvalue weighted by Gasteiger charge is -2.29. The first-order chi connectivity index (χ1) is 9.19. The van der Waals surface area contributed by atoms with Gasteiger partial charge in [0.05, 0.1) is 0 Å². The monoisotopic (exact) mass is 260 g/mol. The molecular weight excluding hydrogens is 240 g/mol. The van der Waals surface area contributed by atoms with Crippen LogP contribution in [0.4, 0.5) is 5.95 Å². The van der Waals surface area contributed by atoms with Gasteiger partial charge in [-0.25, -0.2) is 9.97 Å². The predicted molar refractivity (Wildman–Crippen MR) is 74.1 cm³/mol. The highest BCUT2D eigenvalue weighted by atomic mass is 15.3. The third-order valence-corrected chi connectivity index (χ3v) is 3.26. The number of aromatic nitrogens is 2. The summed E-state index contributed by atoms with van der Waals surface area (Å²) in [5.74, 6) is 0.631. The molecule has 1 aromatic rings. The van der Waals surface area contributed by atoms with Crippen molar-refractivity contribution in [2.75, 3.05) is 51.2 Å². The fourth-order valence-corrected chi connectivity index (χ4v) is 2.11. The molecule has 0 atom stereocenters. The zero-order chi connectivity index (χ0) is 13.7. The highest BCUT2D eigenvalue weighted by Crippen LogP contribution is 2.08. The lowest BCUT2D eigenvalue weighted by atomic mass is 10.3. The van der Waals surface area contributed by atoms with Gasteiger partial charge in [-0.1, -0.05) is 0 Å². The summed E-state index contributed by atoms with van der Waals surface area (Å²) in [6.07, 6.45) is 0. The van der Waals surface area contributed by atoms with Crippen LogP contribution in [0.2, 0.25) is 0 Å². The van der Waals surface area contributed by atoms with E-state index in [1.807, 2.05) is 18.9 Å². The second-order valence-electron chi connectivity index (χ2n) is 4.82. The number of nitrogens with zero attached hydrogens (tertiary/aromatic N) is 5. The number of nitriles is 1. The largest absolute Gasteiger partial charge is 0.343 e. The van der Waals surface area contributed by atoms with Crippen LogP contribution in [0.15, 0.2) is 6.07 Å². The fraction of sp³-hybridized carbons (Fsp3) is 0.615. The SMILES string of the molecule is Cc1cc(C#N)nc(N(C)CCN2CCNCC2)n1. The average molecular weight is 260 g/mol. The van der Waals surface area contributed by atoms with E-state index >= 15 is 0 Å². The van der Waals surface area contributed by atoms with Crippen molar-refractivity contribution in [2.24, 2.45) is 0 Å². The van der Waals surface area contributed by atoms with Crippen molar-refractivity contribution >= 4 is 5.95 Å². The Bertz CT molecular complexity index is 461. The van der Waals surface area contributed by atoms with Crippen molar-refractivity contribution in [1.29, 1.82) is 5.26 Å². The number of rotatable bonds is 4. The first-order valence-electron chi connectivity index (χ1n) is 6.59. The third kappa shape index (κ3) is 3.88. The van der Waals surface area contributed by atoms with E-state index < -0.39 is 0 Å². The lowest BCUT2D eigenvalue weighted by Crippen LogP contribution is -2.46. The van der Waals surface area contributed by atoms with Gasteiger partial charge in [-0.15, -0.1) is 0 Å². The number of piperazine rings is 1. The standard InChI is InChI=1S/C13H20N6/c1-11-9-12(10-14)17-13(16-11)18(2)7-8-19-5-3-15-4-6-19/h9,15H,3-8H2,1-2H3. The molecule has 19 heavy (non-hydrogen) atoms. The molecule has 0 spiro atoms. The molecule has 2 heterocycles. The Kier molecular flexibility index (Phi) is 4.66. The molecule has 0 unspecified atom stereocenters. The number of anilines is 1. The van der Waals surface area contributed by atoms with Crippen LogP contribution in [0, 0.1) is 18.3 Å². The Morgan fingerprint density at radius 3 is 2.84 bits per heavy atom. The maximum absolute atomic E-state index is 8.93. The zero-order valence-electron chi connectivity index (χ0n) is 11.6. The first kappa shape index (κ1) is 13.7. The van der Waals surface area contributed by atoms with Crippen molar-refractivity contribution in [3.05, 3.63) is 17.5 Å². The van der Waals surface area contributed by atoms with E-state index in [-0.39, 0.29) is 0 Å². The van der Waals surface area contributed by atoms with E-state index in [2.05, 4.69) is 26.3 Å². The van der Waals surface area contributed by atoms with Gasteiger partial charge in [-0.3, -0.25) is 4.90 Å². The molecule has 102 valence electrons. The Labute approximate surface area is 114 Å². The van der Waals surface area contributed by atoms with Gasteiger partial charge < -0.3 is 10.2 Å². The summed E-state index contributed by atoms with van der Waals surface area (Å²) in [6.45, 7) is 8.05. The number of nitrogens with one attached hydrogen (secondary N) is 1. The van der Waals surface area contributed by atoms with E-state index in [1.165, 1.54) is 0 Å². The maximum atomic E-state index is 8.93. The molecule has 0 aromatic carbocycles. The van der Waals surface area contributed by atoms with Gasteiger partial charge in [0.2, 0.25) is 5.95 Å². The van der Waals surface area contributed by atoms with Crippen LogP contribution in [0.1, 0.15) is 11.4 Å². The molecule has 1 aromatic heterocycles. The first-order valence-corrected chi connectivity index (χ1v) is 6.59. The summed E-state index contributed by atoms with van der Waals surface area (Å²) in [5.41, 5.74) is 1.26. The van der Waals surface area contributed by atoms with Gasteiger partial charge in [-0.2, -0.15) is 5.26 Å². The normalized spacial score (nSPS) is 16.1. The van der Waals surface area contributed by atoms with Gasteiger partial charge in [0.25, 0.3) is 0 Å². The van der Waals surface area contributed by atoms with Crippen LogP contribution in [0.5, 0.6) is 0 Å². The summed E-state index contributed by atoms with van der Waals surface area (Å²) in [7, 11) is 1.97. The van der Waals surface area contributed by atoms with Crippen LogP contribution < -0.4 is 10.2 Å². The van der Waals surface area contributed by atoms with Crippen molar-refractivity contribution in [3.63, 3.8) is 0 Å². The Morgan fingerprint density at radius 1 is 1.42 bits per heavy atom. The van der Waals surface area contributed by atoms with Crippen molar-refractivity contribution in [1.82, 2.24) is 20.2 Å². The van der Waals surface area contributed by atoms with Crippen LogP contribution in [-0.4, -0.2) is 61.2 Å². The molecule has 0 amide bonds. The van der Waals surface area contributed by atoms with Crippen molar-refractivity contribution in [3.8, 4) is 6.07 Å². The Morgan fingerprint density at radius 2 is 2.16 bits per heavy atom. The van der Waals surface area contributed by atoms with Gasteiger partial charge >= 0.3 is 0 Å². The molecule has 1 N–H and O–H groups in total. The number of aryl methyl sites for hydroxylation is 1. The Balaban J connectivity index is 1.93. The van der Waals surface area contributed by atoms with Crippen molar-refractivity contribution in [2.45, 2.75) is 6.92 Å². The Hall–Kier alpha value is -1.71. The summed E-state index contributed by atoms with van der Waals surface area (Å²) in [5, 5.41) is 12.3. The molecule has 1 aliphatic heterocycles. The van der Waals surface area contributed by atoms with E-state index in [4.69, 9.17) is 5.26 Å². The van der Waals surface area contributed by atoms with Crippen LogP contribution in [-0.2, 0) is 0 Å². The molecule has 6 nitrogen and oxygen atoms in total. The molecule has 1 aliphatic rings. The molecule has 0 aliphatic carbocycles. The van der Waals surface area contributed by atoms with Crippen LogP contribution in [0.25, 0.3) is 0 Å². The minimum Gasteiger partial charge on any atom is -0.343 e. The van der Waals surface area contributed by atoms with Crippen LogP contribution >= 0.6 is 0 Å². The average Bonchev–Trinajstić information content (AvgIpc) is 2.45. The van der Waals surface area contributed by atoms with E-state index in [9.17, 15) is 0 Å². The number of hydrogen-bond acceptors (Lipinski definition) is 6. The zero-order valence-corrected chi connectivity index (χ0v) is 11.6. The summed E-state index contributed by atoms with van der Waals surface area (Å²) in [6, 6.07) is 3.77. The summed E-state index contributed by atoms with van der Waals surface area (Å²) in [4.78, 5) is 13.1. The summed E-state index contributed by atoms with van der Waals surface area (Å²) >= 11 is 0. The highest BCUT2D eigenvalue weighted by molar-refractivity contribution is 5.35. The molecule has 1 fully saturated rings. The van der Waals surface area contributed by atoms with E-state index in [0.29, 0.717) is 11.6 Å². The summed E-state index contributed by atoms with van der Waals surface area (Å²) < 4.78 is 0.